The number of amides is 4. The Balaban J connectivity index is 0.000000184. The van der Waals surface area contributed by atoms with E-state index in [9.17, 15) is 152 Å². The lowest BCUT2D eigenvalue weighted by Gasteiger charge is -2.37. The van der Waals surface area contributed by atoms with Crippen LogP contribution < -0.4 is 21.3 Å². The quantitative estimate of drug-likeness (QED) is 0.0400. The van der Waals surface area contributed by atoms with Gasteiger partial charge in [0.05, 0.1) is 93.3 Å². The number of hydrogen-bond donors (Lipinski definition) is 6. The van der Waals surface area contributed by atoms with Gasteiger partial charge in [0.2, 0.25) is 23.6 Å². The lowest BCUT2D eigenvalue weighted by molar-refractivity contribution is -0.145. The van der Waals surface area contributed by atoms with Gasteiger partial charge in [-0.15, -0.1) is 0 Å². The number of nitrogens with one attached hydrogen (secondary N) is 4. The average molecular weight is 2080 g/mol. The van der Waals surface area contributed by atoms with Crippen LogP contribution in [0.5, 0.6) is 0 Å². The molecule has 4 heterocycles. The van der Waals surface area contributed by atoms with Crippen molar-refractivity contribution in [2.75, 3.05) is 0 Å². The van der Waals surface area contributed by atoms with Gasteiger partial charge in [0.25, 0.3) is 0 Å². The van der Waals surface area contributed by atoms with Crippen LogP contribution in [0.15, 0.2) is 170 Å². The van der Waals surface area contributed by atoms with E-state index >= 15 is 0 Å². The van der Waals surface area contributed by atoms with E-state index in [0.717, 1.165) is 11.1 Å². The number of hydrogen-bond acceptors (Lipinski definition) is 10. The van der Waals surface area contributed by atoms with Gasteiger partial charge in [-0.2, -0.15) is 105 Å². The Morgan fingerprint density at radius 2 is 0.507 bits per heavy atom. The Morgan fingerprint density at radius 1 is 0.306 bits per heavy atom. The highest BCUT2D eigenvalue weighted by Crippen LogP contribution is 2.56. The fourth-order valence-electron chi connectivity index (χ4n) is 21.8. The molecule has 22 atom stereocenters. The zero-order valence-corrected chi connectivity index (χ0v) is 77.4. The second-order valence-corrected chi connectivity index (χ2v) is 38.4. The van der Waals surface area contributed by atoms with Crippen molar-refractivity contribution in [3.05, 3.63) is 282 Å². The number of alkyl halides is 24. The van der Waals surface area contributed by atoms with Crippen molar-refractivity contribution in [1.29, 1.82) is 0 Å². The summed E-state index contributed by atoms with van der Waals surface area (Å²) in [6.07, 6.45) is -42.6. The van der Waals surface area contributed by atoms with Crippen molar-refractivity contribution in [2.24, 2.45) is 23.7 Å². The summed E-state index contributed by atoms with van der Waals surface area (Å²) in [6.45, 7) is 9.45. The topological polar surface area (TPSA) is 194 Å². The summed E-state index contributed by atoms with van der Waals surface area (Å²) in [5, 5.41) is 31.3. The molecule has 42 heteroatoms. The zero-order chi connectivity index (χ0) is 106. The number of carbonyl (C=O) groups is 4. The molecule has 0 spiro atoms. The van der Waals surface area contributed by atoms with Crippen molar-refractivity contribution in [2.45, 2.75) is 289 Å². The monoisotopic (exact) mass is 2080 g/mol. The maximum Gasteiger partial charge on any atom is 0.416 e. The molecule has 144 heavy (non-hydrogen) atoms. The Hall–Kier alpha value is -10.6. The van der Waals surface area contributed by atoms with E-state index in [0.29, 0.717) is 137 Å². The van der Waals surface area contributed by atoms with Gasteiger partial charge in [0.1, 0.15) is 35.5 Å². The average Bonchev–Trinajstić information content (AvgIpc) is 1.64. The van der Waals surface area contributed by atoms with E-state index < -0.39 is 225 Å². The number of ether oxygens (including phenoxy) is 4. The number of aliphatic hydroxyl groups excluding tert-OH is 2. The summed E-state index contributed by atoms with van der Waals surface area (Å²) in [4.78, 5) is 47.7. The van der Waals surface area contributed by atoms with Gasteiger partial charge in [-0.05, 0) is 295 Å². The van der Waals surface area contributed by atoms with E-state index in [-0.39, 0.29) is 110 Å². The molecule has 4 aliphatic carbocycles. The van der Waals surface area contributed by atoms with E-state index in [4.69, 9.17) is 18.9 Å². The third-order valence-corrected chi connectivity index (χ3v) is 28.8. The lowest BCUT2D eigenvalue weighted by atomic mass is 9.74. The molecule has 6 N–H and O–H groups in total. The number of aliphatic hydroxyl groups is 2. The second-order valence-electron chi connectivity index (χ2n) is 38.4. The normalized spacial score (nSPS) is 27.8. The lowest BCUT2D eigenvalue weighted by Crippen LogP contribution is -2.47. The van der Waals surface area contributed by atoms with Gasteiger partial charge in [0, 0.05) is 75.4 Å². The minimum absolute atomic E-state index is 0. The summed E-state index contributed by atoms with van der Waals surface area (Å²) in [7, 11) is 0. The first-order chi connectivity index (χ1) is 66.8. The molecule has 8 fully saturated rings. The first-order valence-electron chi connectivity index (χ1n) is 46.2. The molecule has 0 radical (unpaired) electrons. The summed E-state index contributed by atoms with van der Waals surface area (Å²) in [6, 6.07) is 27.5. The highest BCUT2D eigenvalue weighted by Gasteiger charge is 2.56. The highest BCUT2D eigenvalue weighted by molar-refractivity contribution is 5.84. The number of carbonyl (C=O) groups excluding carboxylic acids is 4. The summed E-state index contributed by atoms with van der Waals surface area (Å²) >= 11 is 0. The Labute approximate surface area is 810 Å². The fraction of sp³-hybridized carbons (Fsp3) is 0.490. The molecule has 4 saturated carbocycles. The Bertz CT molecular complexity index is 5370. The van der Waals surface area contributed by atoms with Crippen LogP contribution >= 0.6 is 0 Å². The largest absolute Gasteiger partial charge is 0.416 e. The Morgan fingerprint density at radius 3 is 0.694 bits per heavy atom. The predicted molar refractivity (Wildman–Crippen MR) is 467 cm³/mol. The minimum atomic E-state index is -4.98. The molecule has 4 saturated heterocycles. The van der Waals surface area contributed by atoms with Crippen molar-refractivity contribution in [3.63, 3.8) is 0 Å². The van der Waals surface area contributed by atoms with E-state index in [1.165, 1.54) is 76.2 Å². The second kappa shape index (κ2) is 42.7. The van der Waals surface area contributed by atoms with E-state index in [2.05, 4.69) is 21.3 Å². The van der Waals surface area contributed by atoms with Gasteiger partial charge >= 0.3 is 49.4 Å². The molecule has 788 valence electrons. The van der Waals surface area contributed by atoms with Crippen LogP contribution in [0.1, 0.15) is 271 Å². The number of rotatable bonds is 20. The smallest absolute Gasteiger partial charge is 0.383 e. The van der Waals surface area contributed by atoms with Gasteiger partial charge in [-0.25, -0.2) is 17.6 Å². The van der Waals surface area contributed by atoms with Gasteiger partial charge in [-0.3, -0.25) is 19.2 Å². The van der Waals surface area contributed by atoms with E-state index in [1.54, 1.807) is 48.5 Å². The van der Waals surface area contributed by atoms with Gasteiger partial charge < -0.3 is 50.4 Å². The summed E-state index contributed by atoms with van der Waals surface area (Å²) in [5.74, 6) is -5.29. The molecule has 0 unspecified atom stereocenters. The van der Waals surface area contributed by atoms with Crippen molar-refractivity contribution < 1.29 is 174 Å². The minimum Gasteiger partial charge on any atom is -0.383 e. The fourth-order valence-corrected chi connectivity index (χ4v) is 21.8. The molecule has 0 aromatic heterocycles. The van der Waals surface area contributed by atoms with Crippen molar-refractivity contribution >= 4 is 23.6 Å². The zero-order valence-electron chi connectivity index (χ0n) is 77.4. The molecule has 0 bridgehead atoms. The van der Waals surface area contributed by atoms with Crippen LogP contribution in [0.4, 0.5) is 123 Å². The number of benzene rings is 8. The molecular weight excluding hydrogens is 1970 g/mol. The maximum absolute atomic E-state index is 13.6. The van der Waals surface area contributed by atoms with Crippen LogP contribution in [-0.2, 0) is 87.5 Å². The van der Waals surface area contributed by atoms with Crippen molar-refractivity contribution in [3.8, 4) is 0 Å². The van der Waals surface area contributed by atoms with Crippen molar-refractivity contribution in [1.82, 2.24) is 21.3 Å². The molecule has 14 nitrogen and oxygen atoms in total. The first-order valence-corrected chi connectivity index (χ1v) is 46.2. The third-order valence-electron chi connectivity index (χ3n) is 28.8. The van der Waals surface area contributed by atoms with Crippen LogP contribution in [0.2, 0.25) is 0 Å². The molecule has 4 aliphatic heterocycles. The molecule has 8 aliphatic rings. The molecule has 4 amide bonds. The van der Waals surface area contributed by atoms with E-state index in [1.807, 2.05) is 13.8 Å². The number of halogens is 28. The molecule has 8 aromatic carbocycles. The van der Waals surface area contributed by atoms with Crippen LogP contribution in [0.25, 0.3) is 0 Å². The van der Waals surface area contributed by atoms with Gasteiger partial charge in [-0.1, -0.05) is 48.5 Å². The molecule has 16 rings (SSSR count). The van der Waals surface area contributed by atoms with Gasteiger partial charge in [0.15, 0.2) is 0 Å². The highest BCUT2D eigenvalue weighted by atomic mass is 19.4. The van der Waals surface area contributed by atoms with Crippen LogP contribution in [-0.4, -0.2) is 93.6 Å². The first kappa shape index (κ1) is 111. The van der Waals surface area contributed by atoms with Crippen LogP contribution in [0, 0.1) is 46.9 Å². The summed E-state index contributed by atoms with van der Waals surface area (Å²) < 4.78 is 399. The molecular formula is C102H104F28N4O10. The standard InChI is InChI=1S/2C26H26F7NO2.2C25H24F7NO3.2H2/c2*1-14(16-11-17(25(28,29)30)13-18(12-16)26(31,32)33)36-21-8-7-20(24(2)10-9-22(35)34-24)23(21)15-3-5-19(27)6-4-15;2*1-12(14-8-15(24(27,28)29)10-16(9-14)25(30,31)32)36-21-7-6-18(19-11-20(34)23(35)33-19)22(21)13-2-4-17(26)5-3-13;;/h2*3-6,11-14,20-21,23H,7-10H2,1-2H3,(H,34,35);2*2-5,8-10,12,18-22,34H,6-7,11H2,1H3,(H,33,35);2*1H/t14-,20-,21+,23+,24+;14-,20-,21+,23+,24-;12-,18+,19-,20+,21+,22+;12-,18+,19-,20-,21+,22+;;/m1111../s1. The summed E-state index contributed by atoms with van der Waals surface area (Å²) in [5.41, 5.74) is -10.7. The van der Waals surface area contributed by atoms with Crippen LogP contribution in [0.3, 0.4) is 0 Å². The molecule has 8 aromatic rings. The third kappa shape index (κ3) is 26.3. The Kier molecular flexibility index (Phi) is 32.8. The SMILES string of the molecule is C[C@@H](O[C@H]1CC[C@@H]([C@@]2(C)CCC(=O)N2)[C@@H]1c1ccc(F)cc1)c1cc(C(F)(F)F)cc(C(F)(F)F)c1.C[C@@H](O[C@H]1CC[C@@H]([C@H]2C[C@@H](O)C(=O)N2)[C@@H]1c1ccc(F)cc1)c1cc(C(F)(F)F)cc(C(F)(F)F)c1.C[C@@H](O[C@H]1CC[C@@H]([C@H]2C[C@H](O)C(=O)N2)[C@@H]1c1ccc(F)cc1)c1cc(C(F)(F)F)cc(C(F)(F)F)c1.C[C@@H](O[C@H]1CC[C@@H]([C@]2(C)CCC(=O)N2)[C@@H]1c1ccc(F)cc1)c1cc(C(F)(F)F)cc(C(F)(F)F)c1.[HH].[HH]. The maximum atomic E-state index is 13.6. The predicted octanol–water partition coefficient (Wildman–Crippen LogP) is 26.3.